The second kappa shape index (κ2) is 12.1. The fourth-order valence-electron chi connectivity index (χ4n) is 4.41. The zero-order chi connectivity index (χ0) is 27.1. The van der Waals surface area contributed by atoms with Crippen molar-refractivity contribution in [2.75, 3.05) is 64.2 Å². The zero-order valence-electron chi connectivity index (χ0n) is 21.7. The molecule has 2 aromatic carbocycles. The summed E-state index contributed by atoms with van der Waals surface area (Å²) in [5.74, 6) is 0.0925. The number of hydrogen-bond donors (Lipinski definition) is 1. The predicted octanol–water partition coefficient (Wildman–Crippen LogP) is 2.77. The van der Waals surface area contributed by atoms with E-state index in [1.54, 1.807) is 60.7 Å². The fourth-order valence-corrected chi connectivity index (χ4v) is 4.41. The first-order valence-electron chi connectivity index (χ1n) is 12.2. The molecule has 10 heteroatoms. The first-order chi connectivity index (χ1) is 18.4. The molecule has 10 nitrogen and oxygen atoms in total. The predicted molar refractivity (Wildman–Crippen MR) is 144 cm³/mol. The van der Waals surface area contributed by atoms with E-state index in [1.165, 1.54) is 19.1 Å². The van der Waals surface area contributed by atoms with Crippen LogP contribution in [0.3, 0.4) is 0 Å². The molecule has 1 aromatic heterocycles. The SMILES string of the molecule is COc1cccc(C(=O)N(C)CC(=O)N2CCN(c3ccccc3C(=O)Nc3ccncc3)CC2)c1OC. The molecule has 3 aromatic rings. The number of nitrogens with zero attached hydrogens (tertiary/aromatic N) is 4. The number of anilines is 2. The lowest BCUT2D eigenvalue weighted by molar-refractivity contribution is -0.131. The van der Waals surface area contributed by atoms with E-state index < -0.39 is 0 Å². The number of nitrogens with one attached hydrogen (secondary N) is 1. The molecule has 38 heavy (non-hydrogen) atoms. The van der Waals surface area contributed by atoms with E-state index in [1.807, 2.05) is 18.2 Å². The van der Waals surface area contributed by atoms with Gasteiger partial charge in [0.15, 0.2) is 11.5 Å². The Labute approximate surface area is 221 Å². The summed E-state index contributed by atoms with van der Waals surface area (Å²) in [7, 11) is 4.57. The van der Waals surface area contributed by atoms with Crippen LogP contribution in [0.1, 0.15) is 20.7 Å². The second-order valence-corrected chi connectivity index (χ2v) is 8.78. The highest BCUT2D eigenvalue weighted by Crippen LogP contribution is 2.31. The molecule has 1 N–H and O–H groups in total. The smallest absolute Gasteiger partial charge is 0.257 e. The number of carbonyl (C=O) groups is 3. The highest BCUT2D eigenvalue weighted by atomic mass is 16.5. The summed E-state index contributed by atoms with van der Waals surface area (Å²) in [5.41, 5.74) is 2.36. The first-order valence-corrected chi connectivity index (χ1v) is 12.2. The molecule has 1 saturated heterocycles. The number of rotatable bonds is 8. The maximum absolute atomic E-state index is 13.1. The number of benzene rings is 2. The molecule has 3 amide bonds. The Balaban J connectivity index is 1.37. The van der Waals surface area contributed by atoms with Gasteiger partial charge in [-0.05, 0) is 36.4 Å². The van der Waals surface area contributed by atoms with E-state index in [-0.39, 0.29) is 24.3 Å². The van der Waals surface area contributed by atoms with Gasteiger partial charge in [-0.2, -0.15) is 0 Å². The summed E-state index contributed by atoms with van der Waals surface area (Å²) in [4.78, 5) is 48.2. The van der Waals surface area contributed by atoms with Crippen LogP contribution in [-0.2, 0) is 4.79 Å². The van der Waals surface area contributed by atoms with E-state index in [4.69, 9.17) is 9.47 Å². The van der Waals surface area contributed by atoms with Gasteiger partial charge < -0.3 is 29.5 Å². The number of methoxy groups -OCH3 is 2. The topological polar surface area (TPSA) is 104 Å². The Bertz CT molecular complexity index is 1290. The number of pyridine rings is 1. The van der Waals surface area contributed by atoms with Gasteiger partial charge in [-0.15, -0.1) is 0 Å². The number of ether oxygens (including phenoxy) is 2. The van der Waals surface area contributed by atoms with Crippen molar-refractivity contribution < 1.29 is 23.9 Å². The van der Waals surface area contributed by atoms with Gasteiger partial charge in [0.05, 0.1) is 31.9 Å². The number of carbonyl (C=O) groups excluding carboxylic acids is 3. The summed E-state index contributed by atoms with van der Waals surface area (Å²) >= 11 is 0. The molecular formula is C28H31N5O5. The van der Waals surface area contributed by atoms with Crippen LogP contribution in [0.15, 0.2) is 67.0 Å². The van der Waals surface area contributed by atoms with E-state index in [0.717, 1.165) is 5.69 Å². The Hall–Kier alpha value is -4.60. The Morgan fingerprint density at radius 1 is 0.895 bits per heavy atom. The second-order valence-electron chi connectivity index (χ2n) is 8.78. The van der Waals surface area contributed by atoms with Crippen molar-refractivity contribution in [2.24, 2.45) is 0 Å². The largest absolute Gasteiger partial charge is 0.493 e. The minimum absolute atomic E-state index is 0.0654. The average molecular weight is 518 g/mol. The normalized spacial score (nSPS) is 13.0. The fraction of sp³-hybridized carbons (Fsp3) is 0.286. The third kappa shape index (κ3) is 5.86. The Kier molecular flexibility index (Phi) is 8.42. The van der Waals surface area contributed by atoms with Crippen LogP contribution in [0.5, 0.6) is 11.5 Å². The zero-order valence-corrected chi connectivity index (χ0v) is 21.7. The molecule has 4 rings (SSSR count). The van der Waals surface area contributed by atoms with E-state index >= 15 is 0 Å². The lowest BCUT2D eigenvalue weighted by Gasteiger charge is -2.37. The molecule has 1 aliphatic rings. The average Bonchev–Trinajstić information content (AvgIpc) is 2.96. The van der Waals surface area contributed by atoms with Crippen LogP contribution in [0.2, 0.25) is 0 Å². The third-order valence-corrected chi connectivity index (χ3v) is 6.41. The molecule has 0 bridgehead atoms. The Morgan fingerprint density at radius 2 is 1.58 bits per heavy atom. The summed E-state index contributed by atoms with van der Waals surface area (Å²) in [6.07, 6.45) is 3.24. The highest BCUT2D eigenvalue weighted by molar-refractivity contribution is 6.08. The molecule has 0 spiro atoms. The molecule has 1 aliphatic heterocycles. The number of likely N-dealkylation sites (N-methyl/N-ethyl adjacent to an activating group) is 1. The molecule has 1 fully saturated rings. The molecular weight excluding hydrogens is 486 g/mol. The molecule has 198 valence electrons. The van der Waals surface area contributed by atoms with E-state index in [9.17, 15) is 14.4 Å². The minimum Gasteiger partial charge on any atom is -0.493 e. The van der Waals surface area contributed by atoms with Crippen LogP contribution < -0.4 is 19.7 Å². The van der Waals surface area contributed by atoms with Crippen molar-refractivity contribution in [2.45, 2.75) is 0 Å². The van der Waals surface area contributed by atoms with E-state index in [0.29, 0.717) is 54.5 Å². The van der Waals surface area contributed by atoms with Gasteiger partial charge in [0.25, 0.3) is 11.8 Å². The van der Waals surface area contributed by atoms with Crippen molar-refractivity contribution in [3.8, 4) is 11.5 Å². The summed E-state index contributed by atoms with van der Waals surface area (Å²) < 4.78 is 10.6. The van der Waals surface area contributed by atoms with Crippen molar-refractivity contribution in [1.82, 2.24) is 14.8 Å². The third-order valence-electron chi connectivity index (χ3n) is 6.41. The summed E-state index contributed by atoms with van der Waals surface area (Å²) in [6.45, 7) is 2.01. The first kappa shape index (κ1) is 26.5. The molecule has 2 heterocycles. The van der Waals surface area contributed by atoms with Crippen LogP contribution in [0, 0.1) is 0 Å². The number of piperazine rings is 1. The highest BCUT2D eigenvalue weighted by Gasteiger charge is 2.27. The minimum atomic E-state index is -0.332. The molecule has 0 aliphatic carbocycles. The number of hydrogen-bond acceptors (Lipinski definition) is 7. The van der Waals surface area contributed by atoms with Crippen molar-refractivity contribution in [1.29, 1.82) is 0 Å². The lowest BCUT2D eigenvalue weighted by Crippen LogP contribution is -2.51. The standard InChI is InChI=1S/C28H31N5O5/c1-31(28(36)22-8-6-10-24(37-2)26(22)38-3)19-25(34)33-17-15-32(16-18-33)23-9-5-4-7-21(23)27(35)30-20-11-13-29-14-12-20/h4-14H,15-19H2,1-3H3,(H,29,30,35). The lowest BCUT2D eigenvalue weighted by atomic mass is 10.1. The maximum atomic E-state index is 13.1. The van der Waals surface area contributed by atoms with Gasteiger partial charge in [0.2, 0.25) is 5.91 Å². The summed E-state index contributed by atoms with van der Waals surface area (Å²) in [6, 6.07) is 15.9. The van der Waals surface area contributed by atoms with Crippen LogP contribution in [-0.4, -0.2) is 86.5 Å². The molecule has 0 atom stereocenters. The number of amides is 3. The van der Waals surface area contributed by atoms with Crippen molar-refractivity contribution >= 4 is 29.1 Å². The molecule has 0 saturated carbocycles. The van der Waals surface area contributed by atoms with Gasteiger partial charge in [-0.25, -0.2) is 0 Å². The van der Waals surface area contributed by atoms with Crippen LogP contribution in [0.4, 0.5) is 11.4 Å². The quantitative estimate of drug-likeness (QED) is 0.490. The van der Waals surface area contributed by atoms with Gasteiger partial charge in [0, 0.05) is 57.0 Å². The van der Waals surface area contributed by atoms with Crippen molar-refractivity contribution in [3.05, 3.63) is 78.1 Å². The monoisotopic (exact) mass is 517 g/mol. The van der Waals surface area contributed by atoms with Gasteiger partial charge in [0.1, 0.15) is 0 Å². The number of para-hydroxylation sites is 2. The number of aromatic nitrogens is 1. The van der Waals surface area contributed by atoms with Gasteiger partial charge in [-0.3, -0.25) is 19.4 Å². The van der Waals surface area contributed by atoms with Crippen LogP contribution in [0.25, 0.3) is 0 Å². The van der Waals surface area contributed by atoms with Gasteiger partial charge >= 0.3 is 0 Å². The van der Waals surface area contributed by atoms with Crippen molar-refractivity contribution in [3.63, 3.8) is 0 Å². The molecule has 0 radical (unpaired) electrons. The summed E-state index contributed by atoms with van der Waals surface area (Å²) in [5, 5.41) is 2.90. The van der Waals surface area contributed by atoms with Crippen LogP contribution >= 0.6 is 0 Å². The van der Waals surface area contributed by atoms with E-state index in [2.05, 4.69) is 15.2 Å². The Morgan fingerprint density at radius 3 is 2.26 bits per heavy atom. The molecule has 0 unspecified atom stereocenters. The maximum Gasteiger partial charge on any atom is 0.257 e. The van der Waals surface area contributed by atoms with Gasteiger partial charge in [-0.1, -0.05) is 18.2 Å².